The summed E-state index contributed by atoms with van der Waals surface area (Å²) < 4.78 is 124. The molecule has 0 spiro atoms. The van der Waals surface area contributed by atoms with Gasteiger partial charge in [-0.25, -0.2) is 13.2 Å². The second kappa shape index (κ2) is 11.6. The summed E-state index contributed by atoms with van der Waals surface area (Å²) in [5.74, 6) is -10.2. The molecule has 0 radical (unpaired) electrons. The fourth-order valence-electron chi connectivity index (χ4n) is 3.73. The number of hydrogen-bond acceptors (Lipinski definition) is 2. The van der Waals surface area contributed by atoms with Crippen LogP contribution in [0, 0.1) is 0 Å². The Morgan fingerprint density at radius 2 is 1.54 bits per heavy atom. The highest BCUT2D eigenvalue weighted by molar-refractivity contribution is 6.48. The van der Waals surface area contributed by atoms with Crippen LogP contribution in [0.4, 0.5) is 39.5 Å². The van der Waals surface area contributed by atoms with Crippen LogP contribution >= 0.6 is 34.8 Å². The van der Waals surface area contributed by atoms with Crippen LogP contribution in [-0.2, 0) is 11.0 Å². The molecule has 0 aliphatic heterocycles. The van der Waals surface area contributed by atoms with Gasteiger partial charge < -0.3 is 10.6 Å². The van der Waals surface area contributed by atoms with E-state index in [9.17, 15) is 44.7 Å². The minimum absolute atomic E-state index is 0.0121. The smallest absolute Gasteiger partial charge is 0.348 e. The van der Waals surface area contributed by atoms with E-state index >= 15 is 4.39 Å². The molecule has 2 N–H and O–H groups in total. The standard InChI is InChI=1S/C25H18Cl3F9N2O2/c1-22(30,31)10-38-21(41)23(4-5-23)39-20(40)13-3-2-11(6-15(13)25(35,36)37)18(29)9-14(24(32,33)34)12-7-16(26)19(28)17(27)8-12/h2-3,6-9,14H,4-5,10H2,1H3,(H,38,41)(H,39,40)/b18-9-. The van der Waals surface area contributed by atoms with Gasteiger partial charge in [-0.15, -0.1) is 0 Å². The first-order valence-electron chi connectivity index (χ1n) is 11.4. The van der Waals surface area contributed by atoms with Gasteiger partial charge in [0.25, 0.3) is 11.8 Å². The Kier molecular flexibility index (Phi) is 9.27. The predicted molar refractivity (Wildman–Crippen MR) is 134 cm³/mol. The van der Waals surface area contributed by atoms with E-state index in [-0.39, 0.29) is 40.1 Å². The van der Waals surface area contributed by atoms with Crippen molar-refractivity contribution in [2.24, 2.45) is 0 Å². The monoisotopic (exact) mass is 654 g/mol. The van der Waals surface area contributed by atoms with Gasteiger partial charge >= 0.3 is 12.4 Å². The zero-order valence-electron chi connectivity index (χ0n) is 20.5. The molecule has 1 unspecified atom stereocenters. The number of allylic oxidation sites excluding steroid dienone is 1. The lowest BCUT2D eigenvalue weighted by Gasteiger charge is -2.21. The van der Waals surface area contributed by atoms with Crippen LogP contribution in [0.5, 0.6) is 0 Å². The topological polar surface area (TPSA) is 58.2 Å². The molecule has 0 bridgehead atoms. The van der Waals surface area contributed by atoms with Crippen molar-refractivity contribution in [3.8, 4) is 0 Å². The second-order valence-corrected chi connectivity index (χ2v) is 10.6. The summed E-state index contributed by atoms with van der Waals surface area (Å²) >= 11 is 17.3. The van der Waals surface area contributed by atoms with Crippen LogP contribution in [0.2, 0.25) is 15.1 Å². The van der Waals surface area contributed by atoms with Gasteiger partial charge in [0.05, 0.1) is 32.7 Å². The number of benzene rings is 2. The Bertz CT molecular complexity index is 1360. The van der Waals surface area contributed by atoms with Gasteiger partial charge in [0.1, 0.15) is 17.3 Å². The van der Waals surface area contributed by atoms with Crippen LogP contribution in [0.3, 0.4) is 0 Å². The quantitative estimate of drug-likeness (QED) is 0.222. The number of amides is 2. The maximum atomic E-state index is 15.0. The van der Waals surface area contributed by atoms with E-state index in [4.69, 9.17) is 34.8 Å². The molecule has 2 aromatic carbocycles. The largest absolute Gasteiger partial charge is 0.417 e. The minimum atomic E-state index is -5.28. The number of nitrogens with one attached hydrogen (secondary N) is 2. The summed E-state index contributed by atoms with van der Waals surface area (Å²) in [6, 6.07) is 2.85. The van der Waals surface area contributed by atoms with Gasteiger partial charge in [-0.1, -0.05) is 40.9 Å². The molecule has 0 heterocycles. The Morgan fingerprint density at radius 1 is 0.976 bits per heavy atom. The lowest BCUT2D eigenvalue weighted by molar-refractivity contribution is -0.140. The van der Waals surface area contributed by atoms with Gasteiger partial charge in [-0.05, 0) is 48.7 Å². The fourth-order valence-corrected chi connectivity index (χ4v) is 4.34. The second-order valence-electron chi connectivity index (χ2n) is 9.38. The van der Waals surface area contributed by atoms with E-state index in [1.54, 1.807) is 0 Å². The average Bonchev–Trinajstić information content (AvgIpc) is 3.62. The Hall–Kier alpha value is -2.64. The third-order valence-corrected chi connectivity index (χ3v) is 7.17. The summed E-state index contributed by atoms with van der Waals surface area (Å²) in [7, 11) is 0. The summed E-state index contributed by atoms with van der Waals surface area (Å²) in [5.41, 5.74) is -6.10. The van der Waals surface area contributed by atoms with Crippen molar-refractivity contribution >= 4 is 52.4 Å². The first kappa shape index (κ1) is 32.9. The number of alkyl halides is 8. The first-order chi connectivity index (χ1) is 18.6. The molecule has 16 heteroatoms. The number of carbonyl (C=O) groups excluding carboxylic acids is 2. The normalized spacial score (nSPS) is 16.3. The molecular weight excluding hydrogens is 638 g/mol. The third-order valence-electron chi connectivity index (χ3n) is 5.97. The molecule has 1 aliphatic rings. The lowest BCUT2D eigenvalue weighted by atomic mass is 9.95. The van der Waals surface area contributed by atoms with Crippen molar-refractivity contribution < 1.29 is 49.1 Å². The minimum Gasteiger partial charge on any atom is -0.348 e. The lowest BCUT2D eigenvalue weighted by Crippen LogP contribution is -2.51. The molecule has 1 fully saturated rings. The van der Waals surface area contributed by atoms with E-state index in [2.05, 4.69) is 5.32 Å². The molecule has 1 saturated carbocycles. The summed E-state index contributed by atoms with van der Waals surface area (Å²) in [5, 5.41) is 2.97. The maximum absolute atomic E-state index is 15.0. The van der Waals surface area contributed by atoms with Crippen molar-refractivity contribution in [1.82, 2.24) is 10.6 Å². The molecule has 2 amide bonds. The van der Waals surface area contributed by atoms with Crippen LogP contribution in [-0.4, -0.2) is 36.0 Å². The number of rotatable bonds is 8. The SMILES string of the molecule is CC(F)(F)CNC(=O)C1(NC(=O)c2ccc(/C(F)=C/C(c3cc(Cl)c(Cl)c(Cl)c3)C(F)(F)F)cc2C(F)(F)F)CC1. The van der Waals surface area contributed by atoms with Crippen LogP contribution in [0.15, 0.2) is 36.4 Å². The van der Waals surface area contributed by atoms with Crippen molar-refractivity contribution in [2.45, 2.75) is 49.5 Å². The van der Waals surface area contributed by atoms with Crippen molar-refractivity contribution in [2.75, 3.05) is 6.54 Å². The molecule has 2 aromatic rings. The van der Waals surface area contributed by atoms with Gasteiger partial charge in [-0.2, -0.15) is 26.3 Å². The number of halogens is 12. The molecule has 41 heavy (non-hydrogen) atoms. The Balaban J connectivity index is 1.96. The van der Waals surface area contributed by atoms with Gasteiger partial charge in [0.2, 0.25) is 5.91 Å². The zero-order chi connectivity index (χ0) is 31.1. The van der Waals surface area contributed by atoms with E-state index in [1.165, 1.54) is 0 Å². The van der Waals surface area contributed by atoms with E-state index in [0.29, 0.717) is 19.1 Å². The summed E-state index contributed by atoms with van der Waals surface area (Å²) in [4.78, 5) is 25.0. The first-order valence-corrected chi connectivity index (χ1v) is 12.6. The van der Waals surface area contributed by atoms with Crippen LogP contribution in [0.1, 0.15) is 52.7 Å². The molecule has 0 aromatic heterocycles. The molecular formula is C25H18Cl3F9N2O2. The van der Waals surface area contributed by atoms with Crippen molar-refractivity contribution in [3.05, 3.63) is 73.7 Å². The van der Waals surface area contributed by atoms with Gasteiger partial charge in [-0.3, -0.25) is 9.59 Å². The number of hydrogen-bond donors (Lipinski definition) is 2. The maximum Gasteiger partial charge on any atom is 0.417 e. The Morgan fingerprint density at radius 3 is 2.00 bits per heavy atom. The summed E-state index contributed by atoms with van der Waals surface area (Å²) in [6.07, 6.45) is -10.5. The molecule has 0 saturated heterocycles. The van der Waals surface area contributed by atoms with Crippen molar-refractivity contribution in [1.29, 1.82) is 0 Å². The molecule has 1 aliphatic carbocycles. The molecule has 4 nitrogen and oxygen atoms in total. The Labute approximate surface area is 241 Å². The predicted octanol–water partition coefficient (Wildman–Crippen LogP) is 8.36. The highest BCUT2D eigenvalue weighted by Gasteiger charge is 2.52. The highest BCUT2D eigenvalue weighted by atomic mass is 35.5. The van der Waals surface area contributed by atoms with Crippen LogP contribution in [0.25, 0.3) is 5.83 Å². The molecule has 1 atom stereocenters. The zero-order valence-corrected chi connectivity index (χ0v) is 22.8. The average molecular weight is 656 g/mol. The molecule has 224 valence electrons. The van der Waals surface area contributed by atoms with Gasteiger partial charge in [0, 0.05) is 12.5 Å². The summed E-state index contributed by atoms with van der Waals surface area (Å²) in [6.45, 7) is -0.558. The highest BCUT2D eigenvalue weighted by Crippen LogP contribution is 2.43. The van der Waals surface area contributed by atoms with E-state index in [0.717, 1.165) is 12.1 Å². The van der Waals surface area contributed by atoms with Crippen molar-refractivity contribution in [3.63, 3.8) is 0 Å². The van der Waals surface area contributed by atoms with E-state index < -0.39 is 76.2 Å². The molecule has 3 rings (SSSR count). The van der Waals surface area contributed by atoms with E-state index in [1.807, 2.05) is 5.32 Å². The third kappa shape index (κ3) is 8.01. The van der Waals surface area contributed by atoms with Crippen LogP contribution < -0.4 is 10.6 Å². The van der Waals surface area contributed by atoms with Gasteiger partial charge in [0.15, 0.2) is 0 Å². The number of carbonyl (C=O) groups is 2. The fraction of sp³-hybridized carbons (Fsp3) is 0.360.